The van der Waals surface area contributed by atoms with E-state index in [4.69, 9.17) is 17.0 Å². The fourth-order valence-electron chi connectivity index (χ4n) is 2.77. The third-order valence-corrected chi connectivity index (χ3v) is 5.47. The van der Waals surface area contributed by atoms with Crippen molar-refractivity contribution in [1.82, 2.24) is 4.57 Å². The van der Waals surface area contributed by atoms with Gasteiger partial charge in [0.15, 0.2) is 3.95 Å². The summed E-state index contributed by atoms with van der Waals surface area (Å²) in [6, 6.07) is 14.3. The number of aromatic hydroxyl groups is 1. The number of hydrogen-bond acceptors (Lipinski definition) is 6. The molecule has 1 atom stereocenters. The Morgan fingerprint density at radius 3 is 2.62 bits per heavy atom. The first-order valence-corrected chi connectivity index (χ1v) is 10.2. The number of esters is 1. The molecule has 2 aromatic carbocycles. The number of halogens is 1. The number of carbonyl (C=O) groups is 1. The van der Waals surface area contributed by atoms with E-state index in [-0.39, 0.29) is 18.3 Å². The van der Waals surface area contributed by atoms with E-state index in [9.17, 15) is 14.3 Å². The fraction of sp³-hybridized carbons (Fsp3) is 0.190. The van der Waals surface area contributed by atoms with Gasteiger partial charge in [-0.3, -0.25) is 9.56 Å². The fourth-order valence-corrected chi connectivity index (χ4v) is 4.05. The van der Waals surface area contributed by atoms with Crippen LogP contribution in [0.2, 0.25) is 0 Å². The van der Waals surface area contributed by atoms with E-state index in [0.717, 1.165) is 16.9 Å². The van der Waals surface area contributed by atoms with Gasteiger partial charge >= 0.3 is 5.97 Å². The molecule has 8 heteroatoms. The highest BCUT2D eigenvalue weighted by molar-refractivity contribution is 7.73. The molecule has 3 aromatic rings. The summed E-state index contributed by atoms with van der Waals surface area (Å²) in [6.45, 7) is 1.95. The molecule has 150 valence electrons. The highest BCUT2D eigenvalue weighted by Crippen LogP contribution is 2.31. The van der Waals surface area contributed by atoms with Gasteiger partial charge in [-0.2, -0.15) is 0 Å². The van der Waals surface area contributed by atoms with Crippen LogP contribution in [0.25, 0.3) is 0 Å². The molecule has 0 saturated heterocycles. The van der Waals surface area contributed by atoms with Crippen LogP contribution >= 0.6 is 23.6 Å². The van der Waals surface area contributed by atoms with Gasteiger partial charge in [-0.25, -0.2) is 9.18 Å². The maximum absolute atomic E-state index is 13.0. The molecule has 0 spiro atoms. The largest absolute Gasteiger partial charge is 0.493 e. The number of carbonyl (C=O) groups excluding carboxylic acids is 1. The second-order valence-electron chi connectivity index (χ2n) is 6.12. The van der Waals surface area contributed by atoms with Crippen molar-refractivity contribution < 1.29 is 19.0 Å². The normalized spacial score (nSPS) is 12.2. The summed E-state index contributed by atoms with van der Waals surface area (Å²) in [5, 5.41) is 10.7. The lowest BCUT2D eigenvalue weighted by Gasteiger charge is -2.18. The summed E-state index contributed by atoms with van der Waals surface area (Å²) in [5.41, 5.74) is 1.45. The molecular weight excluding hydrogens is 411 g/mol. The first-order valence-electron chi connectivity index (χ1n) is 8.94. The van der Waals surface area contributed by atoms with Crippen LogP contribution in [0, 0.1) is 9.77 Å². The topological polar surface area (TPSA) is 63.8 Å². The van der Waals surface area contributed by atoms with Crippen LogP contribution in [0.1, 0.15) is 23.4 Å². The molecule has 1 N–H and O–H groups in total. The summed E-state index contributed by atoms with van der Waals surface area (Å²) in [7, 11) is 0. The molecular formula is C21H19FN2O3S2. The van der Waals surface area contributed by atoms with Gasteiger partial charge in [0.05, 0.1) is 18.5 Å². The average Bonchev–Trinajstić information content (AvgIpc) is 3.00. The van der Waals surface area contributed by atoms with E-state index in [1.807, 2.05) is 30.3 Å². The quantitative estimate of drug-likeness (QED) is 0.317. The number of nitrogens with zero attached hydrogens (tertiary/aromatic N) is 2. The Kier molecular flexibility index (Phi) is 6.90. The SMILES string of the molecule is CCOC(=O)C(Cc1ccccc1)n1c(O)c(C=Nc2ccc(F)cc2)sc1=S. The average molecular weight is 431 g/mol. The van der Waals surface area contributed by atoms with Crippen LogP contribution in [0.5, 0.6) is 5.88 Å². The number of hydrogen-bond donors (Lipinski definition) is 1. The molecule has 5 nitrogen and oxygen atoms in total. The predicted molar refractivity (Wildman–Crippen MR) is 114 cm³/mol. The van der Waals surface area contributed by atoms with Gasteiger partial charge in [-0.1, -0.05) is 41.7 Å². The number of aliphatic imine (C=N–C) groups is 1. The first kappa shape index (κ1) is 20.9. The minimum absolute atomic E-state index is 0.153. The summed E-state index contributed by atoms with van der Waals surface area (Å²) >= 11 is 6.54. The second-order valence-corrected chi connectivity index (χ2v) is 7.79. The predicted octanol–water partition coefficient (Wildman–Crippen LogP) is 5.22. The van der Waals surface area contributed by atoms with Crippen molar-refractivity contribution in [1.29, 1.82) is 0 Å². The minimum atomic E-state index is -0.797. The van der Waals surface area contributed by atoms with Crippen LogP contribution in [-0.2, 0) is 16.0 Å². The zero-order valence-corrected chi connectivity index (χ0v) is 17.3. The number of rotatable bonds is 7. The maximum atomic E-state index is 13.0. The van der Waals surface area contributed by atoms with E-state index < -0.39 is 12.0 Å². The summed E-state index contributed by atoms with van der Waals surface area (Å²) in [6.07, 6.45) is 1.77. The van der Waals surface area contributed by atoms with Crippen molar-refractivity contribution in [2.75, 3.05) is 6.61 Å². The molecule has 0 radical (unpaired) electrons. The van der Waals surface area contributed by atoms with E-state index in [2.05, 4.69) is 4.99 Å². The van der Waals surface area contributed by atoms with Crippen molar-refractivity contribution in [2.45, 2.75) is 19.4 Å². The molecule has 0 aliphatic carbocycles. The van der Waals surface area contributed by atoms with Crippen molar-refractivity contribution in [3.63, 3.8) is 0 Å². The van der Waals surface area contributed by atoms with Crippen molar-refractivity contribution >= 4 is 41.4 Å². The lowest BCUT2D eigenvalue weighted by molar-refractivity contribution is -0.147. The monoisotopic (exact) mass is 430 g/mol. The Labute approximate surface area is 176 Å². The lowest BCUT2D eigenvalue weighted by atomic mass is 10.1. The zero-order chi connectivity index (χ0) is 20.8. The Bertz CT molecular complexity index is 1060. The van der Waals surface area contributed by atoms with Crippen LogP contribution in [0.3, 0.4) is 0 Å². The van der Waals surface area contributed by atoms with Gasteiger partial charge in [0, 0.05) is 6.42 Å². The van der Waals surface area contributed by atoms with Gasteiger partial charge in [-0.05, 0) is 49.0 Å². The molecule has 1 unspecified atom stereocenters. The van der Waals surface area contributed by atoms with Gasteiger partial charge in [0.2, 0.25) is 5.88 Å². The van der Waals surface area contributed by atoms with Crippen LogP contribution in [0.4, 0.5) is 10.1 Å². The summed E-state index contributed by atoms with van der Waals surface area (Å²) in [5.74, 6) is -0.978. The van der Waals surface area contributed by atoms with Gasteiger partial charge in [-0.15, -0.1) is 0 Å². The van der Waals surface area contributed by atoms with Crippen molar-refractivity contribution in [3.05, 3.63) is 74.8 Å². The number of benzene rings is 2. The van der Waals surface area contributed by atoms with E-state index >= 15 is 0 Å². The molecule has 29 heavy (non-hydrogen) atoms. The lowest BCUT2D eigenvalue weighted by Crippen LogP contribution is -2.24. The third kappa shape index (κ3) is 5.16. The molecule has 0 aliphatic rings. The highest BCUT2D eigenvalue weighted by Gasteiger charge is 2.27. The Morgan fingerprint density at radius 1 is 1.28 bits per heavy atom. The number of ether oxygens (including phenoxy) is 1. The van der Waals surface area contributed by atoms with E-state index in [1.54, 1.807) is 6.92 Å². The van der Waals surface area contributed by atoms with Gasteiger partial charge in [0.25, 0.3) is 0 Å². The van der Waals surface area contributed by atoms with Gasteiger partial charge < -0.3 is 9.84 Å². The maximum Gasteiger partial charge on any atom is 0.329 e. The molecule has 0 bridgehead atoms. The summed E-state index contributed by atoms with van der Waals surface area (Å²) < 4.78 is 20.0. The number of thiazole rings is 1. The molecule has 0 fully saturated rings. The van der Waals surface area contributed by atoms with Crippen molar-refractivity contribution in [3.8, 4) is 5.88 Å². The first-order chi connectivity index (χ1) is 14.0. The van der Waals surface area contributed by atoms with Crippen molar-refractivity contribution in [2.24, 2.45) is 4.99 Å². The zero-order valence-electron chi connectivity index (χ0n) is 15.6. The van der Waals surface area contributed by atoms with Crippen LogP contribution < -0.4 is 0 Å². The van der Waals surface area contributed by atoms with Crippen LogP contribution in [0.15, 0.2) is 59.6 Å². The minimum Gasteiger partial charge on any atom is -0.493 e. The summed E-state index contributed by atoms with van der Waals surface area (Å²) in [4.78, 5) is 17.3. The molecule has 1 heterocycles. The number of aromatic nitrogens is 1. The Morgan fingerprint density at radius 2 is 1.97 bits per heavy atom. The van der Waals surface area contributed by atoms with E-state index in [1.165, 1.54) is 35.0 Å². The molecule has 0 saturated carbocycles. The third-order valence-electron chi connectivity index (χ3n) is 4.14. The van der Waals surface area contributed by atoms with E-state index in [0.29, 0.717) is 20.9 Å². The van der Waals surface area contributed by atoms with Gasteiger partial charge in [0.1, 0.15) is 16.7 Å². The molecule has 3 rings (SSSR count). The molecule has 1 aromatic heterocycles. The molecule has 0 amide bonds. The standard InChI is InChI=1S/C21H19FN2O3S2/c1-2-27-20(26)17(12-14-6-4-3-5-7-14)24-19(25)18(29-21(24)28)13-23-16-10-8-15(22)9-11-16/h3-11,13,17,25H,2,12H2,1H3. The smallest absolute Gasteiger partial charge is 0.329 e. The Hall–Kier alpha value is -2.84. The van der Waals surface area contributed by atoms with Crippen LogP contribution in [-0.4, -0.2) is 28.5 Å². The molecule has 0 aliphatic heterocycles. The second kappa shape index (κ2) is 9.58. The Balaban J connectivity index is 1.94. The highest BCUT2D eigenvalue weighted by atomic mass is 32.1.